The van der Waals surface area contributed by atoms with Crippen LogP contribution >= 0.6 is 0 Å². The third-order valence-electron chi connectivity index (χ3n) is 3.95. The zero-order chi connectivity index (χ0) is 16.9. The first kappa shape index (κ1) is 17.7. The van der Waals surface area contributed by atoms with Gasteiger partial charge in [0, 0.05) is 5.69 Å². The van der Waals surface area contributed by atoms with Gasteiger partial charge in [0.25, 0.3) is 0 Å². The average Bonchev–Trinajstić information content (AvgIpc) is 2.49. The summed E-state index contributed by atoms with van der Waals surface area (Å²) in [5, 5.41) is 2.82. The molecule has 1 fully saturated rings. The fourth-order valence-electron chi connectivity index (χ4n) is 2.94. The highest BCUT2D eigenvalue weighted by Crippen LogP contribution is 2.30. The summed E-state index contributed by atoms with van der Waals surface area (Å²) in [6.45, 7) is 2.48. The Balaban J connectivity index is 2.14. The van der Waals surface area contributed by atoms with Crippen molar-refractivity contribution in [3.05, 3.63) is 24.3 Å². The van der Waals surface area contributed by atoms with Crippen LogP contribution in [0.25, 0.3) is 0 Å². The first-order valence-electron chi connectivity index (χ1n) is 7.88. The fraction of sp³-hybridized carbons (Fsp3) is 0.562. The van der Waals surface area contributed by atoms with Crippen LogP contribution in [0.1, 0.15) is 39.0 Å². The summed E-state index contributed by atoms with van der Waals surface area (Å²) in [7, 11) is -3.46. The van der Waals surface area contributed by atoms with Crippen molar-refractivity contribution in [2.24, 2.45) is 0 Å². The van der Waals surface area contributed by atoms with E-state index in [1.54, 1.807) is 24.3 Å². The minimum atomic E-state index is -3.46. The Morgan fingerprint density at radius 3 is 2.30 bits per heavy atom. The second-order valence-corrected chi connectivity index (χ2v) is 7.68. The van der Waals surface area contributed by atoms with Gasteiger partial charge in [0.05, 0.1) is 12.9 Å². The number of rotatable bonds is 6. The molecule has 0 bridgehead atoms. The summed E-state index contributed by atoms with van der Waals surface area (Å²) in [6, 6.07) is 7.05. The van der Waals surface area contributed by atoms with E-state index in [4.69, 9.17) is 4.74 Å². The van der Waals surface area contributed by atoms with Crippen LogP contribution in [-0.2, 0) is 14.8 Å². The van der Waals surface area contributed by atoms with Crippen LogP contribution in [0.4, 0.5) is 5.69 Å². The summed E-state index contributed by atoms with van der Waals surface area (Å²) in [4.78, 5) is 12.7. The predicted octanol–water partition coefficient (Wildman–Crippen LogP) is 2.28. The van der Waals surface area contributed by atoms with E-state index in [1.165, 1.54) is 0 Å². The number of ether oxygens (including phenoxy) is 1. The quantitative estimate of drug-likeness (QED) is 0.832. The van der Waals surface area contributed by atoms with Crippen LogP contribution in [0.5, 0.6) is 5.75 Å². The number of hydrogen-bond donors (Lipinski definition) is 2. The van der Waals surface area contributed by atoms with Crippen LogP contribution in [0.15, 0.2) is 24.3 Å². The first-order chi connectivity index (χ1) is 10.8. The second-order valence-electron chi connectivity index (χ2n) is 5.93. The zero-order valence-corrected chi connectivity index (χ0v) is 14.4. The number of carbonyl (C=O) groups excluding carboxylic acids is 1. The molecule has 0 radical (unpaired) electrons. The number of anilines is 1. The van der Waals surface area contributed by atoms with Crippen molar-refractivity contribution in [3.8, 4) is 5.75 Å². The molecule has 2 rings (SSSR count). The minimum Gasteiger partial charge on any atom is -0.494 e. The van der Waals surface area contributed by atoms with Crippen LogP contribution in [-0.4, -0.2) is 32.7 Å². The van der Waals surface area contributed by atoms with Crippen molar-refractivity contribution in [3.63, 3.8) is 0 Å². The molecule has 1 amide bonds. The van der Waals surface area contributed by atoms with Crippen molar-refractivity contribution in [1.29, 1.82) is 0 Å². The van der Waals surface area contributed by atoms with E-state index in [1.807, 2.05) is 6.92 Å². The minimum absolute atomic E-state index is 0.299. The molecule has 6 nitrogen and oxygen atoms in total. The molecule has 1 aromatic rings. The summed E-state index contributed by atoms with van der Waals surface area (Å²) in [5.74, 6) is 0.430. The van der Waals surface area contributed by atoms with Gasteiger partial charge in [-0.05, 0) is 44.0 Å². The smallest absolute Gasteiger partial charge is 0.245 e. The molecule has 1 saturated carbocycles. The Morgan fingerprint density at radius 1 is 1.17 bits per heavy atom. The van der Waals surface area contributed by atoms with E-state index in [2.05, 4.69) is 10.0 Å². The van der Waals surface area contributed by atoms with E-state index < -0.39 is 15.6 Å². The van der Waals surface area contributed by atoms with Gasteiger partial charge in [-0.3, -0.25) is 4.79 Å². The van der Waals surface area contributed by atoms with Gasteiger partial charge in [0.2, 0.25) is 15.9 Å². The number of sulfonamides is 1. The maximum absolute atomic E-state index is 12.7. The highest BCUT2D eigenvalue weighted by molar-refractivity contribution is 7.88. The molecule has 0 heterocycles. The van der Waals surface area contributed by atoms with Gasteiger partial charge in [-0.2, -0.15) is 4.72 Å². The molecule has 23 heavy (non-hydrogen) atoms. The van der Waals surface area contributed by atoms with Gasteiger partial charge in [0.15, 0.2) is 0 Å². The Kier molecular flexibility index (Phi) is 5.64. The van der Waals surface area contributed by atoms with Crippen molar-refractivity contribution in [2.75, 3.05) is 18.2 Å². The Labute approximate surface area is 137 Å². The first-order valence-corrected chi connectivity index (χ1v) is 9.77. The van der Waals surface area contributed by atoms with Gasteiger partial charge >= 0.3 is 0 Å². The molecule has 1 aliphatic carbocycles. The topological polar surface area (TPSA) is 84.5 Å². The molecule has 7 heteroatoms. The molecule has 1 aromatic carbocycles. The molecule has 1 aliphatic rings. The molecular weight excluding hydrogens is 316 g/mol. The third-order valence-corrected chi connectivity index (χ3v) is 4.71. The van der Waals surface area contributed by atoms with Crippen LogP contribution in [0.2, 0.25) is 0 Å². The van der Waals surface area contributed by atoms with Crippen LogP contribution in [0, 0.1) is 0 Å². The Morgan fingerprint density at radius 2 is 1.78 bits per heavy atom. The van der Waals surface area contributed by atoms with E-state index >= 15 is 0 Å². The highest BCUT2D eigenvalue weighted by Gasteiger charge is 2.41. The van der Waals surface area contributed by atoms with Gasteiger partial charge < -0.3 is 10.1 Å². The van der Waals surface area contributed by atoms with Gasteiger partial charge in [-0.1, -0.05) is 19.3 Å². The number of hydrogen-bond acceptors (Lipinski definition) is 4. The van der Waals surface area contributed by atoms with Crippen LogP contribution in [0.3, 0.4) is 0 Å². The molecular formula is C16H24N2O4S. The lowest BCUT2D eigenvalue weighted by Gasteiger charge is -2.35. The largest absolute Gasteiger partial charge is 0.494 e. The molecule has 0 saturated heterocycles. The Hall–Kier alpha value is -1.60. The zero-order valence-electron chi connectivity index (χ0n) is 13.6. The Bertz CT molecular complexity index is 635. The average molecular weight is 340 g/mol. The predicted molar refractivity (Wildman–Crippen MR) is 90.0 cm³/mol. The van der Waals surface area contributed by atoms with E-state index in [0.29, 0.717) is 25.1 Å². The lowest BCUT2D eigenvalue weighted by atomic mass is 9.82. The number of benzene rings is 1. The molecule has 0 spiro atoms. The standard InChI is InChI=1S/C16H24N2O4S/c1-3-22-14-9-7-13(8-10-14)17-15(19)16(18-23(2,20)21)11-5-4-6-12-16/h7-10,18H,3-6,11-12H2,1-2H3,(H,17,19). The molecule has 128 valence electrons. The molecule has 0 atom stereocenters. The van der Waals surface area contributed by atoms with E-state index in [9.17, 15) is 13.2 Å². The fourth-order valence-corrected chi connectivity index (χ4v) is 3.94. The van der Waals surface area contributed by atoms with Gasteiger partial charge in [-0.15, -0.1) is 0 Å². The highest BCUT2D eigenvalue weighted by atomic mass is 32.2. The normalized spacial score (nSPS) is 17.5. The van der Waals surface area contributed by atoms with Gasteiger partial charge in [0.1, 0.15) is 11.3 Å². The van der Waals surface area contributed by atoms with Crippen molar-refractivity contribution in [1.82, 2.24) is 4.72 Å². The molecule has 0 aliphatic heterocycles. The molecule has 2 N–H and O–H groups in total. The maximum atomic E-state index is 12.7. The number of amides is 1. The SMILES string of the molecule is CCOc1ccc(NC(=O)C2(NS(C)(=O)=O)CCCCC2)cc1. The lowest BCUT2D eigenvalue weighted by Crippen LogP contribution is -2.57. The van der Waals surface area contributed by atoms with E-state index in [0.717, 1.165) is 31.3 Å². The second kappa shape index (κ2) is 7.31. The third kappa shape index (κ3) is 4.94. The van der Waals surface area contributed by atoms with Crippen LogP contribution < -0.4 is 14.8 Å². The molecule has 0 aromatic heterocycles. The number of carbonyl (C=O) groups is 1. The van der Waals surface area contributed by atoms with E-state index in [-0.39, 0.29) is 5.91 Å². The van der Waals surface area contributed by atoms with Gasteiger partial charge in [-0.25, -0.2) is 8.42 Å². The summed E-state index contributed by atoms with van der Waals surface area (Å²) >= 11 is 0. The lowest BCUT2D eigenvalue weighted by molar-refractivity contribution is -0.122. The van der Waals surface area contributed by atoms with Crippen molar-refractivity contribution in [2.45, 2.75) is 44.6 Å². The summed E-state index contributed by atoms with van der Waals surface area (Å²) in [6.07, 6.45) is 4.81. The molecule has 0 unspecified atom stereocenters. The number of nitrogens with one attached hydrogen (secondary N) is 2. The summed E-state index contributed by atoms with van der Waals surface area (Å²) < 4.78 is 31.3. The summed E-state index contributed by atoms with van der Waals surface area (Å²) in [5.41, 5.74) is -0.427. The monoisotopic (exact) mass is 340 g/mol. The van der Waals surface area contributed by atoms with Crippen molar-refractivity contribution >= 4 is 21.6 Å². The van der Waals surface area contributed by atoms with Crippen molar-refractivity contribution < 1.29 is 17.9 Å². The maximum Gasteiger partial charge on any atom is 0.245 e.